The van der Waals surface area contributed by atoms with Crippen LogP contribution in [0.3, 0.4) is 0 Å². The third kappa shape index (κ3) is 4.20. The fraction of sp³-hybridized carbons (Fsp3) is 0.136. The number of hydrogen-bond acceptors (Lipinski definition) is 2. The number of hydrogen-bond donors (Lipinski definition) is 0. The Hall–Kier alpha value is -2.78. The van der Waals surface area contributed by atoms with Crippen LogP contribution in [0.1, 0.15) is 21.5 Å². The molecular formula is C22H20FNO. The molecule has 0 amide bonds. The van der Waals surface area contributed by atoms with Crippen LogP contribution in [0, 0.1) is 5.82 Å². The van der Waals surface area contributed by atoms with Gasteiger partial charge in [0, 0.05) is 17.7 Å². The van der Waals surface area contributed by atoms with Crippen LogP contribution in [-0.4, -0.2) is 24.8 Å². The van der Waals surface area contributed by atoms with Crippen molar-refractivity contribution in [2.45, 2.75) is 6.54 Å². The number of ketones is 1. The molecule has 0 spiro atoms. The molecule has 3 heteroatoms. The summed E-state index contributed by atoms with van der Waals surface area (Å²) in [5, 5.41) is 0. The Labute approximate surface area is 147 Å². The molecule has 0 bridgehead atoms. The van der Waals surface area contributed by atoms with Gasteiger partial charge in [-0.1, -0.05) is 48.5 Å². The van der Waals surface area contributed by atoms with E-state index in [0.717, 1.165) is 17.7 Å². The number of carbonyl (C=O) groups is 1. The van der Waals surface area contributed by atoms with Crippen LogP contribution in [0.25, 0.3) is 11.1 Å². The lowest BCUT2D eigenvalue weighted by atomic mass is 9.99. The van der Waals surface area contributed by atoms with E-state index in [1.54, 1.807) is 0 Å². The maximum absolute atomic E-state index is 13.0. The molecule has 3 aromatic carbocycles. The molecule has 0 aliphatic carbocycles. The first-order valence-electron chi connectivity index (χ1n) is 8.17. The second-order valence-electron chi connectivity index (χ2n) is 6.35. The molecule has 25 heavy (non-hydrogen) atoms. The molecule has 2 nitrogen and oxygen atoms in total. The lowest BCUT2D eigenvalue weighted by Gasteiger charge is -2.10. The third-order valence-electron chi connectivity index (χ3n) is 4.04. The molecule has 0 aliphatic rings. The monoisotopic (exact) mass is 333 g/mol. The zero-order chi connectivity index (χ0) is 17.8. The van der Waals surface area contributed by atoms with Gasteiger partial charge in [-0.05, 0) is 55.1 Å². The van der Waals surface area contributed by atoms with Gasteiger partial charge in [0.05, 0.1) is 0 Å². The van der Waals surface area contributed by atoms with Crippen molar-refractivity contribution < 1.29 is 9.18 Å². The Bertz CT molecular complexity index is 850. The molecule has 0 saturated carbocycles. The SMILES string of the molecule is CN(C)Cc1ccc(-c2ccc(C(=O)c3ccc(F)cc3)cc2)cc1. The summed E-state index contributed by atoms with van der Waals surface area (Å²) in [6.07, 6.45) is 0. The van der Waals surface area contributed by atoms with Crippen LogP contribution in [-0.2, 0) is 6.54 Å². The van der Waals surface area contributed by atoms with Gasteiger partial charge in [-0.2, -0.15) is 0 Å². The molecule has 0 fully saturated rings. The van der Waals surface area contributed by atoms with Gasteiger partial charge in [0.25, 0.3) is 0 Å². The van der Waals surface area contributed by atoms with Crippen molar-refractivity contribution in [3.63, 3.8) is 0 Å². The van der Waals surface area contributed by atoms with E-state index in [-0.39, 0.29) is 11.6 Å². The first-order chi connectivity index (χ1) is 12.0. The summed E-state index contributed by atoms with van der Waals surface area (Å²) < 4.78 is 13.0. The minimum Gasteiger partial charge on any atom is -0.305 e. The predicted molar refractivity (Wildman–Crippen MR) is 99.1 cm³/mol. The molecule has 3 aromatic rings. The summed E-state index contributed by atoms with van der Waals surface area (Å²) in [4.78, 5) is 14.6. The zero-order valence-electron chi connectivity index (χ0n) is 14.4. The van der Waals surface area contributed by atoms with E-state index in [2.05, 4.69) is 29.2 Å². The van der Waals surface area contributed by atoms with Gasteiger partial charge in [0.1, 0.15) is 5.82 Å². The highest BCUT2D eigenvalue weighted by molar-refractivity contribution is 6.09. The van der Waals surface area contributed by atoms with E-state index < -0.39 is 0 Å². The predicted octanol–water partition coefficient (Wildman–Crippen LogP) is 4.79. The van der Waals surface area contributed by atoms with Gasteiger partial charge in [-0.25, -0.2) is 4.39 Å². The Morgan fingerprint density at radius 1 is 0.760 bits per heavy atom. The summed E-state index contributed by atoms with van der Waals surface area (Å²) in [6, 6.07) is 21.6. The molecule has 0 aliphatic heterocycles. The zero-order valence-corrected chi connectivity index (χ0v) is 14.4. The van der Waals surface area contributed by atoms with E-state index in [0.29, 0.717) is 11.1 Å². The highest BCUT2D eigenvalue weighted by atomic mass is 19.1. The summed E-state index contributed by atoms with van der Waals surface area (Å²) >= 11 is 0. The number of halogens is 1. The Morgan fingerprint density at radius 2 is 1.20 bits per heavy atom. The van der Waals surface area contributed by atoms with Crippen molar-refractivity contribution in [2.24, 2.45) is 0 Å². The van der Waals surface area contributed by atoms with E-state index in [9.17, 15) is 9.18 Å². The quantitative estimate of drug-likeness (QED) is 0.626. The summed E-state index contributed by atoms with van der Waals surface area (Å²) in [5.41, 5.74) is 4.52. The molecule has 0 N–H and O–H groups in total. The maximum Gasteiger partial charge on any atom is 0.193 e. The molecule has 0 heterocycles. The van der Waals surface area contributed by atoms with Crippen LogP contribution in [0.2, 0.25) is 0 Å². The van der Waals surface area contributed by atoms with Gasteiger partial charge in [0.2, 0.25) is 0 Å². The fourth-order valence-corrected chi connectivity index (χ4v) is 2.75. The Kier molecular flexibility index (Phi) is 5.05. The average Bonchev–Trinajstić information content (AvgIpc) is 2.62. The number of carbonyl (C=O) groups excluding carboxylic acids is 1. The fourth-order valence-electron chi connectivity index (χ4n) is 2.75. The minimum atomic E-state index is -0.343. The lowest BCUT2D eigenvalue weighted by Crippen LogP contribution is -2.10. The van der Waals surface area contributed by atoms with Crippen LogP contribution in [0.5, 0.6) is 0 Å². The van der Waals surface area contributed by atoms with E-state index >= 15 is 0 Å². The van der Waals surface area contributed by atoms with Crippen molar-refractivity contribution in [3.8, 4) is 11.1 Å². The molecule has 0 atom stereocenters. The highest BCUT2D eigenvalue weighted by Crippen LogP contribution is 2.22. The van der Waals surface area contributed by atoms with Crippen molar-refractivity contribution in [1.29, 1.82) is 0 Å². The Balaban J connectivity index is 1.77. The minimum absolute atomic E-state index is 0.104. The van der Waals surface area contributed by atoms with Gasteiger partial charge >= 0.3 is 0 Å². The van der Waals surface area contributed by atoms with Gasteiger partial charge in [-0.15, -0.1) is 0 Å². The maximum atomic E-state index is 13.0. The summed E-state index contributed by atoms with van der Waals surface area (Å²) in [6.45, 7) is 0.908. The number of rotatable bonds is 5. The van der Waals surface area contributed by atoms with Gasteiger partial charge < -0.3 is 4.90 Å². The standard InChI is InChI=1S/C22H20FNO/c1-24(2)15-16-3-5-17(6-4-16)18-7-9-19(10-8-18)22(25)20-11-13-21(23)14-12-20/h3-14H,15H2,1-2H3. The van der Waals surface area contributed by atoms with E-state index in [1.165, 1.54) is 29.8 Å². The smallest absolute Gasteiger partial charge is 0.193 e. The topological polar surface area (TPSA) is 20.3 Å². The molecular weight excluding hydrogens is 313 g/mol. The van der Waals surface area contributed by atoms with E-state index in [4.69, 9.17) is 0 Å². The average molecular weight is 333 g/mol. The van der Waals surface area contributed by atoms with Crippen molar-refractivity contribution in [2.75, 3.05) is 14.1 Å². The Morgan fingerprint density at radius 3 is 1.68 bits per heavy atom. The van der Waals surface area contributed by atoms with Crippen molar-refractivity contribution in [1.82, 2.24) is 4.90 Å². The second-order valence-corrected chi connectivity index (χ2v) is 6.35. The lowest BCUT2D eigenvalue weighted by molar-refractivity contribution is 0.103. The van der Waals surface area contributed by atoms with Crippen molar-refractivity contribution >= 4 is 5.78 Å². The van der Waals surface area contributed by atoms with Crippen LogP contribution in [0.15, 0.2) is 72.8 Å². The van der Waals surface area contributed by atoms with E-state index in [1.807, 2.05) is 38.4 Å². The molecule has 0 saturated heterocycles. The number of nitrogens with zero attached hydrogens (tertiary/aromatic N) is 1. The molecule has 126 valence electrons. The first kappa shape index (κ1) is 17.1. The number of benzene rings is 3. The molecule has 0 aromatic heterocycles. The van der Waals surface area contributed by atoms with Gasteiger partial charge in [0.15, 0.2) is 5.78 Å². The molecule has 0 unspecified atom stereocenters. The van der Waals surface area contributed by atoms with Crippen molar-refractivity contribution in [3.05, 3.63) is 95.3 Å². The largest absolute Gasteiger partial charge is 0.305 e. The van der Waals surface area contributed by atoms with Crippen LogP contribution >= 0.6 is 0 Å². The molecule has 0 radical (unpaired) electrons. The summed E-state index contributed by atoms with van der Waals surface area (Å²) in [5.74, 6) is -0.447. The van der Waals surface area contributed by atoms with Crippen LogP contribution < -0.4 is 0 Å². The first-order valence-corrected chi connectivity index (χ1v) is 8.17. The normalized spacial score (nSPS) is 10.9. The summed E-state index contributed by atoms with van der Waals surface area (Å²) in [7, 11) is 4.09. The van der Waals surface area contributed by atoms with Gasteiger partial charge in [-0.3, -0.25) is 4.79 Å². The highest BCUT2D eigenvalue weighted by Gasteiger charge is 2.09. The second kappa shape index (κ2) is 7.41. The molecule has 3 rings (SSSR count). The third-order valence-corrected chi connectivity index (χ3v) is 4.04. The van der Waals surface area contributed by atoms with Crippen LogP contribution in [0.4, 0.5) is 4.39 Å².